The van der Waals surface area contributed by atoms with E-state index in [0.717, 1.165) is 58.0 Å². The third-order valence-electron chi connectivity index (χ3n) is 7.74. The normalized spacial score (nSPS) is 29.1. The van der Waals surface area contributed by atoms with Gasteiger partial charge in [0.2, 0.25) is 0 Å². The minimum Gasteiger partial charge on any atom is -0.481 e. The fourth-order valence-corrected chi connectivity index (χ4v) is 5.53. The van der Waals surface area contributed by atoms with Crippen molar-refractivity contribution < 1.29 is 28.9 Å². The zero-order valence-corrected chi connectivity index (χ0v) is 22.6. The number of hydrogen-bond donors (Lipinski definition) is 2. The van der Waals surface area contributed by atoms with E-state index in [9.17, 15) is 9.90 Å². The number of allylic oxidation sites excluding steroid dienone is 2. The summed E-state index contributed by atoms with van der Waals surface area (Å²) >= 11 is 0. The van der Waals surface area contributed by atoms with E-state index in [4.69, 9.17) is 19.0 Å². The van der Waals surface area contributed by atoms with Gasteiger partial charge in [-0.1, -0.05) is 39.3 Å². The second-order valence-corrected chi connectivity index (χ2v) is 16.2. The van der Waals surface area contributed by atoms with Gasteiger partial charge in [-0.3, -0.25) is 4.79 Å². The second kappa shape index (κ2) is 13.4. The van der Waals surface area contributed by atoms with Crippen LogP contribution in [-0.4, -0.2) is 56.2 Å². The van der Waals surface area contributed by atoms with Gasteiger partial charge >= 0.3 is 5.97 Å². The Hall–Kier alpha value is -0.733. The van der Waals surface area contributed by atoms with Gasteiger partial charge in [-0.25, -0.2) is 0 Å². The summed E-state index contributed by atoms with van der Waals surface area (Å²) in [6, 6.07) is 0. The molecule has 2 N–H and O–H groups in total. The highest BCUT2D eigenvalue weighted by Gasteiger charge is 2.46. The van der Waals surface area contributed by atoms with Crippen molar-refractivity contribution in [1.29, 1.82) is 0 Å². The molecule has 2 rings (SSSR count). The molecule has 0 aromatic carbocycles. The molecule has 5 atom stereocenters. The zero-order chi connectivity index (χ0) is 24.5. The van der Waals surface area contributed by atoms with Crippen molar-refractivity contribution in [3.63, 3.8) is 0 Å². The molecular formula is C26H48O6Si. The molecule has 2 aliphatic rings. The van der Waals surface area contributed by atoms with Crippen LogP contribution in [0.15, 0.2) is 12.2 Å². The van der Waals surface area contributed by atoms with Gasteiger partial charge in [0.1, 0.15) is 0 Å². The molecule has 1 saturated carbocycles. The molecule has 192 valence electrons. The second-order valence-electron chi connectivity index (χ2n) is 11.4. The molecule has 0 bridgehead atoms. The van der Waals surface area contributed by atoms with E-state index in [1.807, 2.05) is 0 Å². The third-order valence-corrected chi connectivity index (χ3v) is 12.2. The van der Waals surface area contributed by atoms with Crippen LogP contribution < -0.4 is 0 Å². The maximum absolute atomic E-state index is 10.9. The molecular weight excluding hydrogens is 436 g/mol. The van der Waals surface area contributed by atoms with Gasteiger partial charge in [0, 0.05) is 32.0 Å². The minimum absolute atomic E-state index is 0.0395. The lowest BCUT2D eigenvalue weighted by Gasteiger charge is -2.38. The van der Waals surface area contributed by atoms with Crippen LogP contribution in [0.4, 0.5) is 0 Å². The number of aliphatic hydroxyl groups excluding tert-OH is 1. The molecule has 6 nitrogen and oxygen atoms in total. The molecule has 7 heteroatoms. The van der Waals surface area contributed by atoms with Gasteiger partial charge in [-0.15, -0.1) is 0 Å². The average molecular weight is 485 g/mol. The molecule has 33 heavy (non-hydrogen) atoms. The van der Waals surface area contributed by atoms with Gasteiger partial charge in [-0.05, 0) is 69.0 Å². The van der Waals surface area contributed by atoms with Crippen molar-refractivity contribution in [2.24, 2.45) is 11.8 Å². The molecule has 0 aromatic rings. The van der Waals surface area contributed by atoms with Crippen molar-refractivity contribution in [2.45, 2.75) is 122 Å². The van der Waals surface area contributed by atoms with Crippen LogP contribution in [0.5, 0.6) is 0 Å². The van der Waals surface area contributed by atoms with Crippen molar-refractivity contribution in [3.8, 4) is 0 Å². The number of hydrogen-bond acceptors (Lipinski definition) is 5. The molecule has 0 aromatic heterocycles. The van der Waals surface area contributed by atoms with Crippen LogP contribution in [0.1, 0.15) is 85.0 Å². The fraction of sp³-hybridized carbons (Fsp3) is 0.885. The maximum Gasteiger partial charge on any atom is 0.303 e. The quantitative estimate of drug-likeness (QED) is 0.192. The Morgan fingerprint density at radius 1 is 1.12 bits per heavy atom. The summed E-state index contributed by atoms with van der Waals surface area (Å²) in [4.78, 5) is 10.6. The van der Waals surface area contributed by atoms with Crippen LogP contribution in [0.25, 0.3) is 0 Å². The first-order chi connectivity index (χ1) is 15.5. The monoisotopic (exact) mass is 484 g/mol. The molecule has 0 radical (unpaired) electrons. The Kier molecular flexibility index (Phi) is 11.6. The highest BCUT2D eigenvalue weighted by molar-refractivity contribution is 6.74. The minimum atomic E-state index is -1.90. The van der Waals surface area contributed by atoms with Gasteiger partial charge in [-0.2, -0.15) is 0 Å². The molecule has 1 aliphatic heterocycles. The molecule has 1 aliphatic carbocycles. The highest BCUT2D eigenvalue weighted by atomic mass is 28.4. The Balaban J connectivity index is 1.94. The number of unbranched alkanes of at least 4 members (excludes halogenated alkanes) is 3. The van der Waals surface area contributed by atoms with Crippen molar-refractivity contribution in [2.75, 3.05) is 13.2 Å². The third kappa shape index (κ3) is 9.44. The van der Waals surface area contributed by atoms with Crippen LogP contribution in [0.3, 0.4) is 0 Å². The zero-order valence-electron chi connectivity index (χ0n) is 21.6. The number of aliphatic hydroxyl groups is 1. The Labute approximate surface area is 202 Å². The highest BCUT2D eigenvalue weighted by Crippen LogP contribution is 2.42. The molecule has 2 fully saturated rings. The first-order valence-corrected chi connectivity index (χ1v) is 15.9. The molecule has 1 saturated heterocycles. The molecule has 1 unspecified atom stereocenters. The van der Waals surface area contributed by atoms with E-state index >= 15 is 0 Å². The summed E-state index contributed by atoms with van der Waals surface area (Å²) in [5.41, 5.74) is 0. The van der Waals surface area contributed by atoms with E-state index in [1.165, 1.54) is 0 Å². The first kappa shape index (κ1) is 28.5. The van der Waals surface area contributed by atoms with Gasteiger partial charge in [0.15, 0.2) is 14.6 Å². The van der Waals surface area contributed by atoms with Gasteiger partial charge in [0.05, 0.1) is 12.2 Å². The largest absolute Gasteiger partial charge is 0.481 e. The number of carbonyl (C=O) groups is 1. The van der Waals surface area contributed by atoms with E-state index in [1.54, 1.807) is 0 Å². The summed E-state index contributed by atoms with van der Waals surface area (Å²) < 4.78 is 18.8. The Morgan fingerprint density at radius 2 is 1.88 bits per heavy atom. The van der Waals surface area contributed by atoms with Gasteiger partial charge < -0.3 is 24.1 Å². The summed E-state index contributed by atoms with van der Waals surface area (Å²) in [7, 11) is -1.90. The maximum atomic E-state index is 10.9. The average Bonchev–Trinajstić information content (AvgIpc) is 3.02. The standard InChI is InChI=1S/C26H48O6Si/c1-26(2,3)33(4,5)31-19-21-20(14-10-8-6-7-9-11-15-24(28)29)22(27)18-23(21)32-25-16-12-13-17-30-25/h8,10,20-23,25,27H,6-7,9,11-19H2,1-5H3,(H,28,29)/t20-,21-,22+,23-,25?/m1/s1. The van der Waals surface area contributed by atoms with E-state index in [2.05, 4.69) is 46.0 Å². The van der Waals surface area contributed by atoms with Crippen molar-refractivity contribution in [3.05, 3.63) is 12.2 Å². The lowest BCUT2D eigenvalue weighted by atomic mass is 9.91. The van der Waals surface area contributed by atoms with Crippen molar-refractivity contribution >= 4 is 14.3 Å². The van der Waals surface area contributed by atoms with Crippen LogP contribution >= 0.6 is 0 Å². The van der Waals surface area contributed by atoms with Crippen molar-refractivity contribution in [1.82, 2.24) is 0 Å². The molecule has 0 spiro atoms. The Morgan fingerprint density at radius 3 is 2.52 bits per heavy atom. The number of rotatable bonds is 13. The molecule has 0 amide bonds. The predicted octanol–water partition coefficient (Wildman–Crippen LogP) is 5.90. The summed E-state index contributed by atoms with van der Waals surface area (Å²) in [6.07, 6.45) is 12.2. The Bertz CT molecular complexity index is 608. The summed E-state index contributed by atoms with van der Waals surface area (Å²) in [6.45, 7) is 12.7. The molecule has 1 heterocycles. The SMILES string of the molecule is CC(C)(C)[Si](C)(C)OC[C@@H]1[C@@H](CC=CCCCCCC(=O)O)[C@@H](O)C[C@H]1OC1CCCCO1. The smallest absolute Gasteiger partial charge is 0.303 e. The number of aliphatic carboxylic acids is 1. The lowest BCUT2D eigenvalue weighted by molar-refractivity contribution is -0.197. The lowest BCUT2D eigenvalue weighted by Crippen LogP contribution is -2.44. The van der Waals surface area contributed by atoms with Gasteiger partial charge in [0.25, 0.3) is 0 Å². The fourth-order valence-electron chi connectivity index (χ4n) is 4.49. The van der Waals surface area contributed by atoms with E-state index in [0.29, 0.717) is 13.0 Å². The van der Waals surface area contributed by atoms with Crippen LogP contribution in [0, 0.1) is 11.8 Å². The summed E-state index contributed by atoms with van der Waals surface area (Å²) in [5.74, 6) is -0.450. The van der Waals surface area contributed by atoms with Crippen LogP contribution in [-0.2, 0) is 18.7 Å². The topological polar surface area (TPSA) is 85.2 Å². The number of carboxylic acid groups (broad SMARTS) is 1. The van der Waals surface area contributed by atoms with E-state index < -0.39 is 20.4 Å². The number of ether oxygens (including phenoxy) is 2. The first-order valence-electron chi connectivity index (χ1n) is 13.0. The summed E-state index contributed by atoms with van der Waals surface area (Å²) in [5, 5.41) is 19.8. The predicted molar refractivity (Wildman–Crippen MR) is 134 cm³/mol. The number of carboxylic acids is 1. The van der Waals surface area contributed by atoms with E-state index in [-0.39, 0.29) is 35.7 Å². The van der Waals surface area contributed by atoms with Crippen LogP contribution in [0.2, 0.25) is 18.1 Å².